The fourth-order valence-electron chi connectivity index (χ4n) is 11.3. The van der Waals surface area contributed by atoms with Gasteiger partial charge in [-0.25, -0.2) is 9.13 Å². The zero-order valence-corrected chi connectivity index (χ0v) is 63.4. The van der Waals surface area contributed by atoms with Crippen LogP contribution < -0.4 is 0 Å². The Morgan fingerprint density at radius 3 is 0.755 bits per heavy atom. The zero-order chi connectivity index (χ0) is 69.6. The van der Waals surface area contributed by atoms with Crippen molar-refractivity contribution in [2.75, 3.05) is 39.6 Å². The predicted molar refractivity (Wildman–Crippen MR) is 381 cm³/mol. The minimum Gasteiger partial charge on any atom is -0.462 e. The molecule has 0 aliphatic heterocycles. The molecular weight excluding hydrogens is 1230 g/mol. The minimum absolute atomic E-state index is 0.101. The lowest BCUT2D eigenvalue weighted by Gasteiger charge is -2.21. The van der Waals surface area contributed by atoms with Gasteiger partial charge in [-0.1, -0.05) is 325 Å². The molecule has 0 heterocycles. The number of aliphatic hydroxyl groups is 1. The van der Waals surface area contributed by atoms with Crippen LogP contribution in [0.4, 0.5) is 0 Å². The molecule has 0 amide bonds. The molecule has 0 aliphatic rings. The summed E-state index contributed by atoms with van der Waals surface area (Å²) in [6, 6.07) is 0. The SMILES string of the molecule is CCC(C)CCCCCCCCCCCCCCCCCCCCC(=O)O[C@H](COC(=O)CCCCCCCCCCCCC(C)C)COP(=O)(O)OC[C@@H](O)COP(=O)(O)OC[C@@H](COC(=O)CCCCCCCCC(C)CC)OC(=O)CCCCCCCCC(C)C. The number of carbonyl (C=O) groups excluding carboxylic acids is 4. The number of hydrogen-bond acceptors (Lipinski definition) is 15. The standard InChI is InChI=1S/C75H146O17P2/c1-9-67(7)53-45-37-28-24-19-17-15-13-11-12-14-16-18-20-26-30-41-49-57-74(79)91-70(61-85-72(77)55-47-39-29-25-22-21-23-27-35-43-51-65(3)4)63-89-93(81,82)87-59-69(76)60-88-94(83,84)90-64-71(92-75(80)58-50-42-33-31-36-44-52-66(5)6)62-86-73(78)56-48-40-34-32-38-46-54-68(8)10-2/h65-71,76H,9-64H2,1-8H3,(H,81,82)(H,83,84)/t67?,68?,69-,70-,71-/m1/s1. The van der Waals surface area contributed by atoms with Gasteiger partial charge in [-0.2, -0.15) is 0 Å². The summed E-state index contributed by atoms with van der Waals surface area (Å²) >= 11 is 0. The molecule has 558 valence electrons. The van der Waals surface area contributed by atoms with Crippen LogP contribution in [0.3, 0.4) is 0 Å². The molecule has 0 rings (SSSR count). The summed E-state index contributed by atoms with van der Waals surface area (Å²) in [6.45, 7) is 14.1. The van der Waals surface area contributed by atoms with Crippen LogP contribution in [0.25, 0.3) is 0 Å². The van der Waals surface area contributed by atoms with E-state index in [-0.39, 0.29) is 25.7 Å². The summed E-state index contributed by atoms with van der Waals surface area (Å²) in [5.41, 5.74) is 0. The van der Waals surface area contributed by atoms with E-state index in [4.69, 9.17) is 37.0 Å². The van der Waals surface area contributed by atoms with Gasteiger partial charge in [0.25, 0.3) is 0 Å². The van der Waals surface area contributed by atoms with Crippen molar-refractivity contribution < 1.29 is 80.2 Å². The van der Waals surface area contributed by atoms with Crippen molar-refractivity contribution in [1.82, 2.24) is 0 Å². The molecule has 19 heteroatoms. The molecule has 4 unspecified atom stereocenters. The van der Waals surface area contributed by atoms with E-state index in [0.29, 0.717) is 31.6 Å². The molecule has 0 fully saturated rings. The number of rotatable bonds is 72. The lowest BCUT2D eigenvalue weighted by atomic mass is 9.99. The van der Waals surface area contributed by atoms with Gasteiger partial charge in [0.15, 0.2) is 12.2 Å². The Balaban J connectivity index is 5.17. The van der Waals surface area contributed by atoms with Gasteiger partial charge >= 0.3 is 39.5 Å². The first-order chi connectivity index (χ1) is 45.2. The number of esters is 4. The van der Waals surface area contributed by atoms with Gasteiger partial charge in [0.05, 0.1) is 26.4 Å². The van der Waals surface area contributed by atoms with Crippen molar-refractivity contribution in [2.24, 2.45) is 23.7 Å². The van der Waals surface area contributed by atoms with E-state index in [1.165, 1.54) is 173 Å². The molecule has 0 bridgehead atoms. The van der Waals surface area contributed by atoms with Crippen molar-refractivity contribution in [3.8, 4) is 0 Å². The Labute approximate surface area is 575 Å². The van der Waals surface area contributed by atoms with E-state index in [0.717, 1.165) is 114 Å². The number of phosphoric acid groups is 2. The van der Waals surface area contributed by atoms with E-state index >= 15 is 0 Å². The molecule has 3 N–H and O–H groups in total. The third kappa shape index (κ3) is 66.0. The van der Waals surface area contributed by atoms with E-state index < -0.39 is 97.5 Å². The molecule has 0 saturated carbocycles. The Kier molecular flexibility index (Phi) is 63.1. The molecule has 17 nitrogen and oxygen atoms in total. The van der Waals surface area contributed by atoms with E-state index in [2.05, 4.69) is 55.4 Å². The van der Waals surface area contributed by atoms with Crippen LogP contribution in [0, 0.1) is 23.7 Å². The predicted octanol–water partition coefficient (Wildman–Crippen LogP) is 21.7. The number of aliphatic hydroxyl groups excluding tert-OH is 1. The van der Waals surface area contributed by atoms with E-state index in [9.17, 15) is 43.2 Å². The first-order valence-electron chi connectivity index (χ1n) is 38.8. The topological polar surface area (TPSA) is 237 Å². The average molecular weight is 1380 g/mol. The fourth-order valence-corrected chi connectivity index (χ4v) is 12.9. The summed E-state index contributed by atoms with van der Waals surface area (Å²) in [4.78, 5) is 72.6. The number of carbonyl (C=O) groups is 4. The van der Waals surface area contributed by atoms with Crippen LogP contribution in [-0.2, 0) is 65.4 Å². The fraction of sp³-hybridized carbons (Fsp3) is 0.947. The smallest absolute Gasteiger partial charge is 0.462 e. The molecule has 0 saturated heterocycles. The molecule has 0 spiro atoms. The molecular formula is C75H146O17P2. The Morgan fingerprint density at radius 1 is 0.298 bits per heavy atom. The Bertz CT molecular complexity index is 1850. The molecule has 7 atom stereocenters. The van der Waals surface area contributed by atoms with E-state index in [1.807, 2.05) is 0 Å². The van der Waals surface area contributed by atoms with Gasteiger partial charge in [-0.15, -0.1) is 0 Å². The third-order valence-corrected chi connectivity index (χ3v) is 19.9. The summed E-state index contributed by atoms with van der Waals surface area (Å²) in [6.07, 6.45) is 48.9. The largest absolute Gasteiger partial charge is 0.472 e. The third-order valence-electron chi connectivity index (χ3n) is 18.0. The summed E-state index contributed by atoms with van der Waals surface area (Å²) in [7, 11) is -9.91. The lowest BCUT2D eigenvalue weighted by Crippen LogP contribution is -2.30. The van der Waals surface area contributed by atoms with Gasteiger partial charge in [0, 0.05) is 25.7 Å². The Morgan fingerprint density at radius 2 is 0.511 bits per heavy atom. The first kappa shape index (κ1) is 92.1. The maximum atomic E-state index is 13.1. The highest BCUT2D eigenvalue weighted by Crippen LogP contribution is 2.45. The molecule has 94 heavy (non-hydrogen) atoms. The number of ether oxygens (including phenoxy) is 4. The summed E-state index contributed by atoms with van der Waals surface area (Å²) in [5, 5.41) is 10.6. The van der Waals surface area contributed by atoms with Gasteiger partial charge < -0.3 is 33.8 Å². The van der Waals surface area contributed by atoms with Crippen molar-refractivity contribution in [3.63, 3.8) is 0 Å². The molecule has 0 aromatic carbocycles. The maximum Gasteiger partial charge on any atom is 0.472 e. The zero-order valence-electron chi connectivity index (χ0n) is 61.6. The first-order valence-corrected chi connectivity index (χ1v) is 41.8. The van der Waals surface area contributed by atoms with Crippen LogP contribution in [-0.4, -0.2) is 96.7 Å². The second-order valence-corrected chi connectivity index (χ2v) is 31.4. The molecule has 0 aliphatic carbocycles. The number of hydrogen-bond donors (Lipinski definition) is 3. The molecule has 0 aromatic heterocycles. The van der Waals surface area contributed by atoms with Crippen LogP contribution in [0.15, 0.2) is 0 Å². The lowest BCUT2D eigenvalue weighted by molar-refractivity contribution is -0.161. The van der Waals surface area contributed by atoms with Crippen LogP contribution in [0.2, 0.25) is 0 Å². The number of phosphoric ester groups is 2. The van der Waals surface area contributed by atoms with Gasteiger partial charge in [-0.3, -0.25) is 37.3 Å². The molecule has 0 aromatic rings. The highest BCUT2D eigenvalue weighted by molar-refractivity contribution is 7.47. The normalized spacial score (nSPS) is 14.7. The number of unbranched alkanes of at least 4 members (excludes halogenated alkanes) is 36. The van der Waals surface area contributed by atoms with E-state index in [1.54, 1.807) is 0 Å². The van der Waals surface area contributed by atoms with Gasteiger partial charge in [0.2, 0.25) is 0 Å². The van der Waals surface area contributed by atoms with Crippen LogP contribution >= 0.6 is 15.6 Å². The second kappa shape index (κ2) is 64.4. The maximum absolute atomic E-state index is 13.1. The quantitative estimate of drug-likeness (QED) is 0.0222. The van der Waals surface area contributed by atoms with Crippen molar-refractivity contribution in [1.29, 1.82) is 0 Å². The molecule has 0 radical (unpaired) electrons. The Hall–Kier alpha value is -1.94. The van der Waals surface area contributed by atoms with Crippen LogP contribution in [0.5, 0.6) is 0 Å². The second-order valence-electron chi connectivity index (χ2n) is 28.5. The van der Waals surface area contributed by atoms with Crippen molar-refractivity contribution in [2.45, 2.75) is 395 Å². The monoisotopic (exact) mass is 1380 g/mol. The average Bonchev–Trinajstić information content (AvgIpc) is 1.71. The summed E-state index contributed by atoms with van der Waals surface area (Å²) in [5.74, 6) is 0.901. The van der Waals surface area contributed by atoms with Crippen molar-refractivity contribution in [3.05, 3.63) is 0 Å². The van der Waals surface area contributed by atoms with Gasteiger partial charge in [-0.05, 0) is 49.4 Å². The van der Waals surface area contributed by atoms with Crippen molar-refractivity contribution >= 4 is 39.5 Å². The van der Waals surface area contributed by atoms with Crippen LogP contribution in [0.1, 0.15) is 376 Å². The van der Waals surface area contributed by atoms with Gasteiger partial charge in [0.1, 0.15) is 19.3 Å². The summed E-state index contributed by atoms with van der Waals surface area (Å²) < 4.78 is 68.4. The minimum atomic E-state index is -4.96. The highest BCUT2D eigenvalue weighted by atomic mass is 31.2. The highest BCUT2D eigenvalue weighted by Gasteiger charge is 2.30.